The second-order valence-electron chi connectivity index (χ2n) is 3.97. The van der Waals surface area contributed by atoms with Crippen molar-refractivity contribution in [2.45, 2.75) is 12.8 Å². The summed E-state index contributed by atoms with van der Waals surface area (Å²) in [6, 6.07) is 9.10. The van der Waals surface area contributed by atoms with Gasteiger partial charge in [0.25, 0.3) is 5.91 Å². The number of hydrogen-bond donors (Lipinski definition) is 2. The number of nitrogens with two attached hydrogens (primary N) is 1. The number of carbonyl (C=O) groups excluding carboxylic acids is 2. The van der Waals surface area contributed by atoms with Crippen LogP contribution in [0.15, 0.2) is 34.7 Å². The lowest BCUT2D eigenvalue weighted by molar-refractivity contribution is -0.118. The Balaban J connectivity index is 1.94. The van der Waals surface area contributed by atoms with Crippen molar-refractivity contribution in [1.82, 2.24) is 5.32 Å². The van der Waals surface area contributed by atoms with E-state index in [4.69, 9.17) is 10.2 Å². The van der Waals surface area contributed by atoms with Crippen molar-refractivity contribution in [3.63, 3.8) is 0 Å². The van der Waals surface area contributed by atoms with E-state index < -0.39 is 0 Å². The van der Waals surface area contributed by atoms with Crippen molar-refractivity contribution in [2.24, 2.45) is 5.73 Å². The molecule has 2 rings (SSSR count). The van der Waals surface area contributed by atoms with Gasteiger partial charge in [-0.2, -0.15) is 0 Å². The summed E-state index contributed by atoms with van der Waals surface area (Å²) in [5.74, 6) is -0.376. The second-order valence-corrected chi connectivity index (χ2v) is 3.97. The lowest BCUT2D eigenvalue weighted by Gasteiger charge is -2.00. The van der Waals surface area contributed by atoms with Crippen molar-refractivity contribution in [3.8, 4) is 0 Å². The fraction of sp³-hybridized carbons (Fsp3) is 0.231. The van der Waals surface area contributed by atoms with E-state index in [0.717, 1.165) is 5.39 Å². The van der Waals surface area contributed by atoms with Crippen LogP contribution < -0.4 is 11.1 Å². The molecule has 0 radical (unpaired) electrons. The van der Waals surface area contributed by atoms with Crippen LogP contribution in [0.25, 0.3) is 11.0 Å². The molecule has 1 aromatic heterocycles. The van der Waals surface area contributed by atoms with E-state index >= 15 is 0 Å². The summed E-state index contributed by atoms with van der Waals surface area (Å²) in [6.07, 6.45) is 0.793. The molecule has 0 unspecified atom stereocenters. The normalized spacial score (nSPS) is 10.4. The van der Waals surface area contributed by atoms with Crippen molar-refractivity contribution in [1.29, 1.82) is 0 Å². The minimum absolute atomic E-state index is 0.264. The first-order valence-electron chi connectivity index (χ1n) is 5.72. The van der Waals surface area contributed by atoms with E-state index in [1.165, 1.54) is 0 Å². The summed E-state index contributed by atoms with van der Waals surface area (Å²) in [6.45, 7) is 0.402. The van der Waals surface area contributed by atoms with Gasteiger partial charge in [0.2, 0.25) is 5.91 Å². The highest BCUT2D eigenvalue weighted by Gasteiger charge is 2.11. The van der Waals surface area contributed by atoms with Gasteiger partial charge in [-0.05, 0) is 18.6 Å². The van der Waals surface area contributed by atoms with Crippen LogP contribution in [0.3, 0.4) is 0 Å². The van der Waals surface area contributed by atoms with Gasteiger partial charge in [0.05, 0.1) is 0 Å². The number of nitrogens with one attached hydrogen (secondary N) is 1. The molecule has 0 saturated carbocycles. The van der Waals surface area contributed by atoms with E-state index in [-0.39, 0.29) is 24.0 Å². The van der Waals surface area contributed by atoms with Crippen LogP contribution in [0.2, 0.25) is 0 Å². The van der Waals surface area contributed by atoms with Gasteiger partial charge >= 0.3 is 0 Å². The Morgan fingerprint density at radius 3 is 2.78 bits per heavy atom. The third-order valence-corrected chi connectivity index (χ3v) is 2.53. The molecular weight excluding hydrogens is 232 g/mol. The summed E-state index contributed by atoms with van der Waals surface area (Å²) in [5.41, 5.74) is 5.68. The standard InChI is InChI=1S/C13H14N2O3/c14-12(16)6-3-7-15-13(17)11-8-9-4-1-2-5-10(9)18-11/h1-2,4-5,8H,3,6-7H2,(H2,14,16)(H,15,17). The van der Waals surface area contributed by atoms with Crippen molar-refractivity contribution in [3.05, 3.63) is 36.1 Å². The van der Waals surface area contributed by atoms with Gasteiger partial charge in [-0.3, -0.25) is 9.59 Å². The first-order chi connectivity index (χ1) is 8.66. The number of amides is 2. The Bertz CT molecular complexity index is 541. The molecule has 0 bridgehead atoms. The summed E-state index contributed by atoms with van der Waals surface area (Å²) < 4.78 is 5.40. The van der Waals surface area contributed by atoms with Gasteiger partial charge in [-0.25, -0.2) is 0 Å². The molecule has 0 aliphatic carbocycles. The zero-order chi connectivity index (χ0) is 13.0. The van der Waals surface area contributed by atoms with Crippen LogP contribution in [-0.2, 0) is 4.79 Å². The maximum absolute atomic E-state index is 11.7. The Morgan fingerprint density at radius 2 is 2.06 bits per heavy atom. The average molecular weight is 246 g/mol. The Hall–Kier alpha value is -2.30. The predicted octanol–water partition coefficient (Wildman–Crippen LogP) is 1.43. The van der Waals surface area contributed by atoms with Gasteiger partial charge < -0.3 is 15.5 Å². The van der Waals surface area contributed by atoms with E-state index in [0.29, 0.717) is 18.5 Å². The number of benzene rings is 1. The highest BCUT2D eigenvalue weighted by atomic mass is 16.3. The lowest BCUT2D eigenvalue weighted by Crippen LogP contribution is -2.25. The molecule has 5 nitrogen and oxygen atoms in total. The van der Waals surface area contributed by atoms with Gasteiger partial charge in [-0.15, -0.1) is 0 Å². The largest absolute Gasteiger partial charge is 0.451 e. The summed E-state index contributed by atoms with van der Waals surface area (Å²) in [7, 11) is 0. The number of para-hydroxylation sites is 1. The number of furan rings is 1. The van der Waals surface area contributed by atoms with Crippen molar-refractivity contribution >= 4 is 22.8 Å². The highest BCUT2D eigenvalue weighted by molar-refractivity contribution is 5.96. The third kappa shape index (κ3) is 2.88. The molecule has 18 heavy (non-hydrogen) atoms. The average Bonchev–Trinajstić information content (AvgIpc) is 2.78. The molecule has 0 fully saturated rings. The molecule has 0 atom stereocenters. The molecule has 1 aromatic carbocycles. The molecule has 0 aliphatic rings. The highest BCUT2D eigenvalue weighted by Crippen LogP contribution is 2.18. The zero-order valence-corrected chi connectivity index (χ0v) is 9.81. The van der Waals surface area contributed by atoms with Crippen LogP contribution in [0.5, 0.6) is 0 Å². The fourth-order valence-electron chi connectivity index (χ4n) is 1.65. The maximum atomic E-state index is 11.7. The Labute approximate surface area is 104 Å². The molecule has 0 spiro atoms. The van der Waals surface area contributed by atoms with Gasteiger partial charge in [0.1, 0.15) is 5.58 Å². The van der Waals surface area contributed by atoms with Gasteiger partial charge in [0, 0.05) is 18.4 Å². The van der Waals surface area contributed by atoms with Crippen LogP contribution in [0.1, 0.15) is 23.4 Å². The topological polar surface area (TPSA) is 85.3 Å². The summed E-state index contributed by atoms with van der Waals surface area (Å²) >= 11 is 0. The Morgan fingerprint density at radius 1 is 1.28 bits per heavy atom. The molecular formula is C13H14N2O3. The van der Waals surface area contributed by atoms with Gasteiger partial charge in [0.15, 0.2) is 5.76 Å². The van der Waals surface area contributed by atoms with Crippen LogP contribution in [0, 0.1) is 0 Å². The smallest absolute Gasteiger partial charge is 0.287 e. The number of rotatable bonds is 5. The molecule has 5 heteroatoms. The van der Waals surface area contributed by atoms with E-state index in [2.05, 4.69) is 5.32 Å². The van der Waals surface area contributed by atoms with Crippen LogP contribution in [0.4, 0.5) is 0 Å². The molecule has 3 N–H and O–H groups in total. The molecule has 0 saturated heterocycles. The lowest BCUT2D eigenvalue weighted by atomic mass is 10.2. The second kappa shape index (κ2) is 5.35. The summed E-state index contributed by atoms with van der Waals surface area (Å²) in [4.78, 5) is 22.3. The molecule has 2 amide bonds. The number of primary amides is 1. The quantitative estimate of drug-likeness (QED) is 0.782. The first-order valence-corrected chi connectivity index (χ1v) is 5.72. The van der Waals surface area contributed by atoms with E-state index in [9.17, 15) is 9.59 Å². The van der Waals surface area contributed by atoms with Gasteiger partial charge in [-0.1, -0.05) is 18.2 Å². The third-order valence-electron chi connectivity index (χ3n) is 2.53. The number of carbonyl (C=O) groups is 2. The van der Waals surface area contributed by atoms with Crippen LogP contribution >= 0.6 is 0 Å². The molecule has 1 heterocycles. The number of fused-ring (bicyclic) bond motifs is 1. The first kappa shape index (κ1) is 12.2. The minimum Gasteiger partial charge on any atom is -0.451 e. The molecule has 94 valence electrons. The predicted molar refractivity (Wildman–Crippen MR) is 67.0 cm³/mol. The zero-order valence-electron chi connectivity index (χ0n) is 9.81. The monoisotopic (exact) mass is 246 g/mol. The van der Waals surface area contributed by atoms with E-state index in [1.807, 2.05) is 18.2 Å². The summed E-state index contributed by atoms with van der Waals surface area (Å²) in [5, 5.41) is 3.56. The van der Waals surface area contributed by atoms with Crippen LogP contribution in [-0.4, -0.2) is 18.4 Å². The van der Waals surface area contributed by atoms with E-state index in [1.54, 1.807) is 12.1 Å². The van der Waals surface area contributed by atoms with Crippen molar-refractivity contribution < 1.29 is 14.0 Å². The molecule has 2 aromatic rings. The fourth-order valence-corrected chi connectivity index (χ4v) is 1.65. The maximum Gasteiger partial charge on any atom is 0.287 e. The Kier molecular flexibility index (Phi) is 3.62. The minimum atomic E-state index is -0.368. The van der Waals surface area contributed by atoms with Crippen molar-refractivity contribution in [2.75, 3.05) is 6.54 Å². The number of hydrogen-bond acceptors (Lipinski definition) is 3. The SMILES string of the molecule is NC(=O)CCCNC(=O)c1cc2ccccc2o1. The molecule has 0 aliphatic heterocycles.